The minimum atomic E-state index is -0.123. The third-order valence-electron chi connectivity index (χ3n) is 2.11. The van der Waals surface area contributed by atoms with Gasteiger partial charge in [-0.2, -0.15) is 0 Å². The van der Waals surface area contributed by atoms with Gasteiger partial charge >= 0.3 is 0 Å². The number of ketones is 1. The van der Waals surface area contributed by atoms with Crippen LogP contribution in [-0.4, -0.2) is 18.2 Å². The summed E-state index contributed by atoms with van der Waals surface area (Å²) in [4.78, 5) is 22.9. The normalized spacial score (nSPS) is 10.2. The van der Waals surface area contributed by atoms with Crippen molar-refractivity contribution in [2.24, 2.45) is 5.92 Å². The fourth-order valence-electron chi connectivity index (χ4n) is 1.11. The van der Waals surface area contributed by atoms with Crippen molar-refractivity contribution >= 4 is 23.3 Å². The highest BCUT2D eigenvalue weighted by Gasteiger charge is 2.10. The number of amides is 1. The van der Waals surface area contributed by atoms with E-state index in [9.17, 15) is 9.59 Å². The third kappa shape index (κ3) is 3.66. The molecule has 0 aromatic heterocycles. The first-order valence-corrected chi connectivity index (χ1v) is 5.45. The van der Waals surface area contributed by atoms with E-state index in [-0.39, 0.29) is 24.2 Å². The van der Waals surface area contributed by atoms with Crippen molar-refractivity contribution in [2.75, 3.05) is 6.54 Å². The number of halogens is 1. The van der Waals surface area contributed by atoms with E-state index in [1.54, 1.807) is 38.1 Å². The first-order valence-electron chi connectivity index (χ1n) is 5.07. The van der Waals surface area contributed by atoms with Crippen LogP contribution in [0.4, 0.5) is 0 Å². The Morgan fingerprint density at radius 1 is 1.25 bits per heavy atom. The summed E-state index contributed by atoms with van der Waals surface area (Å²) in [7, 11) is 0. The summed E-state index contributed by atoms with van der Waals surface area (Å²) in [5.41, 5.74) is 0.549. The molecule has 0 spiro atoms. The van der Waals surface area contributed by atoms with Crippen LogP contribution >= 0.6 is 11.6 Å². The zero-order chi connectivity index (χ0) is 12.1. The zero-order valence-corrected chi connectivity index (χ0v) is 10.0. The Morgan fingerprint density at radius 3 is 2.31 bits per heavy atom. The molecule has 0 atom stereocenters. The highest BCUT2D eigenvalue weighted by Crippen LogP contribution is 2.09. The molecule has 0 aliphatic carbocycles. The molecule has 0 aliphatic heterocycles. The van der Waals surface area contributed by atoms with Crippen LogP contribution in [0.3, 0.4) is 0 Å². The lowest BCUT2D eigenvalue weighted by Crippen LogP contribution is -2.32. The van der Waals surface area contributed by atoms with Crippen LogP contribution in [0, 0.1) is 5.92 Å². The Labute approximate surface area is 99.8 Å². The largest absolute Gasteiger partial charge is 0.348 e. The summed E-state index contributed by atoms with van der Waals surface area (Å²) in [6, 6.07) is 6.59. The Bertz CT molecular complexity index is 385. The Kier molecular flexibility index (Phi) is 4.50. The fraction of sp³-hybridized carbons (Fsp3) is 0.333. The van der Waals surface area contributed by atoms with Gasteiger partial charge in [0.1, 0.15) is 0 Å². The van der Waals surface area contributed by atoms with Crippen molar-refractivity contribution in [3.63, 3.8) is 0 Å². The van der Waals surface area contributed by atoms with Crippen LogP contribution in [0.25, 0.3) is 0 Å². The second-order valence-corrected chi connectivity index (χ2v) is 4.24. The topological polar surface area (TPSA) is 46.2 Å². The summed E-state index contributed by atoms with van der Waals surface area (Å²) in [6.07, 6.45) is 0. The van der Waals surface area contributed by atoms with Gasteiger partial charge in [-0.05, 0) is 24.3 Å². The lowest BCUT2D eigenvalue weighted by molar-refractivity contribution is -0.123. The maximum Gasteiger partial charge on any atom is 0.222 e. The maximum absolute atomic E-state index is 11.6. The summed E-state index contributed by atoms with van der Waals surface area (Å²) >= 11 is 5.70. The highest BCUT2D eigenvalue weighted by molar-refractivity contribution is 6.30. The molecule has 3 nitrogen and oxygen atoms in total. The van der Waals surface area contributed by atoms with Gasteiger partial charge in [0.2, 0.25) is 5.91 Å². The van der Waals surface area contributed by atoms with Gasteiger partial charge in [0.05, 0.1) is 6.54 Å². The average Bonchev–Trinajstić information content (AvgIpc) is 2.26. The van der Waals surface area contributed by atoms with E-state index in [1.807, 2.05) is 0 Å². The Hall–Kier alpha value is -1.35. The maximum atomic E-state index is 11.6. The van der Waals surface area contributed by atoms with Gasteiger partial charge < -0.3 is 5.32 Å². The van der Waals surface area contributed by atoms with Crippen LogP contribution in [-0.2, 0) is 4.79 Å². The van der Waals surface area contributed by atoms with Crippen molar-refractivity contribution in [1.82, 2.24) is 5.32 Å². The standard InChI is InChI=1S/C12H14ClNO2/c1-8(2)12(16)14-7-11(15)9-3-5-10(13)6-4-9/h3-6,8H,7H2,1-2H3,(H,14,16). The third-order valence-corrected chi connectivity index (χ3v) is 2.37. The lowest BCUT2D eigenvalue weighted by atomic mass is 10.1. The second kappa shape index (κ2) is 5.66. The number of rotatable bonds is 4. The summed E-state index contributed by atoms with van der Waals surface area (Å²) in [5.74, 6) is -0.356. The second-order valence-electron chi connectivity index (χ2n) is 3.80. The number of Topliss-reactive ketones (excluding diaryl/α,β-unsaturated/α-hetero) is 1. The first-order chi connectivity index (χ1) is 7.50. The quantitative estimate of drug-likeness (QED) is 0.820. The SMILES string of the molecule is CC(C)C(=O)NCC(=O)c1ccc(Cl)cc1. The van der Waals surface area contributed by atoms with Gasteiger partial charge in [0.25, 0.3) is 0 Å². The number of nitrogens with one attached hydrogen (secondary N) is 1. The molecule has 0 saturated carbocycles. The number of benzene rings is 1. The van der Waals surface area contributed by atoms with E-state index in [0.717, 1.165) is 0 Å². The van der Waals surface area contributed by atoms with Gasteiger partial charge in [-0.1, -0.05) is 25.4 Å². The first kappa shape index (κ1) is 12.7. The van der Waals surface area contributed by atoms with Crippen molar-refractivity contribution in [1.29, 1.82) is 0 Å². The number of hydrogen-bond donors (Lipinski definition) is 1. The molecule has 4 heteroatoms. The van der Waals surface area contributed by atoms with E-state index < -0.39 is 0 Å². The predicted molar refractivity (Wildman–Crippen MR) is 63.6 cm³/mol. The minimum absolute atomic E-state index is 0.0264. The van der Waals surface area contributed by atoms with Gasteiger partial charge in [-0.3, -0.25) is 9.59 Å². The van der Waals surface area contributed by atoms with Crippen LogP contribution in [0.15, 0.2) is 24.3 Å². The molecule has 1 N–H and O–H groups in total. The van der Waals surface area contributed by atoms with Gasteiger partial charge in [-0.25, -0.2) is 0 Å². The van der Waals surface area contributed by atoms with Crippen LogP contribution in [0.1, 0.15) is 24.2 Å². The molecule has 1 amide bonds. The molecule has 0 unspecified atom stereocenters. The van der Waals surface area contributed by atoms with Crippen LogP contribution in [0.5, 0.6) is 0 Å². The molecule has 1 rings (SSSR count). The van der Waals surface area contributed by atoms with Gasteiger partial charge in [-0.15, -0.1) is 0 Å². The molecular weight excluding hydrogens is 226 g/mol. The smallest absolute Gasteiger partial charge is 0.222 e. The molecule has 0 bridgehead atoms. The summed E-state index contributed by atoms with van der Waals surface area (Å²) in [5, 5.41) is 3.16. The highest BCUT2D eigenvalue weighted by atomic mass is 35.5. The van der Waals surface area contributed by atoms with E-state index in [0.29, 0.717) is 10.6 Å². The van der Waals surface area contributed by atoms with Gasteiger partial charge in [0, 0.05) is 16.5 Å². The van der Waals surface area contributed by atoms with Crippen LogP contribution in [0.2, 0.25) is 5.02 Å². The Morgan fingerprint density at radius 2 is 1.81 bits per heavy atom. The molecule has 1 aromatic rings. The lowest BCUT2D eigenvalue weighted by Gasteiger charge is -2.06. The molecular formula is C12H14ClNO2. The fourth-order valence-corrected chi connectivity index (χ4v) is 1.24. The van der Waals surface area contributed by atoms with Crippen molar-refractivity contribution < 1.29 is 9.59 Å². The van der Waals surface area contributed by atoms with E-state index in [4.69, 9.17) is 11.6 Å². The molecule has 0 radical (unpaired) electrons. The molecule has 0 heterocycles. The molecule has 0 aliphatic rings. The van der Waals surface area contributed by atoms with E-state index in [1.165, 1.54) is 0 Å². The number of hydrogen-bond acceptors (Lipinski definition) is 2. The molecule has 1 aromatic carbocycles. The van der Waals surface area contributed by atoms with Crippen LogP contribution < -0.4 is 5.32 Å². The molecule has 16 heavy (non-hydrogen) atoms. The molecule has 0 saturated heterocycles. The van der Waals surface area contributed by atoms with Gasteiger partial charge in [0.15, 0.2) is 5.78 Å². The van der Waals surface area contributed by atoms with E-state index >= 15 is 0 Å². The summed E-state index contributed by atoms with van der Waals surface area (Å²) in [6.45, 7) is 3.59. The molecule has 0 fully saturated rings. The molecule has 86 valence electrons. The number of carbonyl (C=O) groups excluding carboxylic acids is 2. The minimum Gasteiger partial charge on any atom is -0.348 e. The number of carbonyl (C=O) groups is 2. The van der Waals surface area contributed by atoms with Crippen molar-refractivity contribution in [2.45, 2.75) is 13.8 Å². The summed E-state index contributed by atoms with van der Waals surface area (Å²) < 4.78 is 0. The van der Waals surface area contributed by atoms with E-state index in [2.05, 4.69) is 5.32 Å². The predicted octanol–water partition coefficient (Wildman–Crippen LogP) is 2.29. The zero-order valence-electron chi connectivity index (χ0n) is 9.29. The average molecular weight is 240 g/mol. The Balaban J connectivity index is 2.53. The monoisotopic (exact) mass is 239 g/mol. The van der Waals surface area contributed by atoms with Crippen molar-refractivity contribution in [3.8, 4) is 0 Å². The van der Waals surface area contributed by atoms with Crippen molar-refractivity contribution in [3.05, 3.63) is 34.9 Å².